The van der Waals surface area contributed by atoms with Gasteiger partial charge in [0.1, 0.15) is 36.5 Å². The van der Waals surface area contributed by atoms with Crippen molar-refractivity contribution in [2.45, 2.75) is 86.9 Å². The molecule has 6 heterocycles. The second kappa shape index (κ2) is 9.45. The van der Waals surface area contributed by atoms with Crippen molar-refractivity contribution in [3.63, 3.8) is 0 Å². The summed E-state index contributed by atoms with van der Waals surface area (Å²) in [4.78, 5) is 59.6. The molecule has 0 saturated carbocycles. The third kappa shape index (κ3) is 3.20. The molecule has 6 aliphatic rings. The minimum Gasteiger partial charge on any atom is -0.364 e. The summed E-state index contributed by atoms with van der Waals surface area (Å²) in [6.07, 6.45) is 8.01. The fourth-order valence-corrected chi connectivity index (χ4v) is 9.27. The van der Waals surface area contributed by atoms with Crippen LogP contribution in [0.5, 0.6) is 0 Å². The lowest BCUT2D eigenvalue weighted by Crippen LogP contribution is -2.66. The summed E-state index contributed by atoms with van der Waals surface area (Å²) in [7, 11) is 0. The van der Waals surface area contributed by atoms with Crippen molar-refractivity contribution >= 4 is 35.0 Å². The van der Waals surface area contributed by atoms with Crippen LogP contribution in [0.3, 0.4) is 0 Å². The van der Waals surface area contributed by atoms with Crippen molar-refractivity contribution in [1.82, 2.24) is 20.4 Å². The van der Waals surface area contributed by atoms with E-state index < -0.39 is 47.3 Å². The van der Waals surface area contributed by atoms with Crippen LogP contribution in [0.2, 0.25) is 0 Å². The van der Waals surface area contributed by atoms with Crippen LogP contribution in [0.1, 0.15) is 50.7 Å². The third-order valence-electron chi connectivity index (χ3n) is 10.9. The Morgan fingerprint density at radius 1 is 0.659 bits per heavy atom. The Kier molecular flexibility index (Phi) is 5.79. The van der Waals surface area contributed by atoms with Crippen molar-refractivity contribution in [2.75, 3.05) is 10.6 Å². The average molecular weight is 593 g/mol. The lowest BCUT2D eigenvalue weighted by atomic mass is 9.54. The topological polar surface area (TPSA) is 123 Å². The van der Waals surface area contributed by atoms with E-state index in [0.29, 0.717) is 25.7 Å². The fraction of sp³-hybridized carbons (Fsp3) is 0.412. The zero-order valence-corrected chi connectivity index (χ0v) is 24.7. The first kappa shape index (κ1) is 27.0. The zero-order chi connectivity index (χ0) is 30.4. The molecule has 44 heavy (non-hydrogen) atoms. The summed E-state index contributed by atoms with van der Waals surface area (Å²) >= 11 is 0. The number of nitrogens with one attached hydrogen (secondary N) is 4. The molecular weight excluding hydrogens is 556 g/mol. The van der Waals surface area contributed by atoms with E-state index in [-0.39, 0.29) is 23.6 Å². The maximum atomic E-state index is 14.2. The summed E-state index contributed by atoms with van der Waals surface area (Å²) in [5, 5.41) is 13.4. The number of rotatable bonds is 5. The number of piperazine rings is 2. The molecule has 8 atom stereocenters. The monoisotopic (exact) mass is 592 g/mol. The predicted molar refractivity (Wildman–Crippen MR) is 164 cm³/mol. The number of anilines is 2. The van der Waals surface area contributed by atoms with E-state index in [4.69, 9.17) is 0 Å². The fourth-order valence-electron chi connectivity index (χ4n) is 9.27. The number of hydrogen-bond donors (Lipinski definition) is 4. The molecule has 8 unspecified atom stereocenters. The van der Waals surface area contributed by atoms with E-state index in [9.17, 15) is 19.2 Å². The van der Waals surface area contributed by atoms with E-state index in [0.717, 1.165) is 22.5 Å². The summed E-state index contributed by atoms with van der Waals surface area (Å²) in [5.74, 6) is -0.586. The molecule has 10 heteroatoms. The number of allylic oxidation sites excluding steroid dienone is 2. The van der Waals surface area contributed by atoms with E-state index in [1.54, 1.807) is 9.80 Å². The van der Waals surface area contributed by atoms with Crippen molar-refractivity contribution in [3.8, 4) is 0 Å². The third-order valence-corrected chi connectivity index (χ3v) is 10.9. The van der Waals surface area contributed by atoms with Crippen LogP contribution in [0.4, 0.5) is 11.4 Å². The Bertz CT molecular complexity index is 1550. The average Bonchev–Trinajstić information content (AvgIpc) is 3.74. The highest BCUT2D eigenvalue weighted by molar-refractivity contribution is 6.01. The molecule has 2 aromatic rings. The molecule has 0 radical (unpaired) electrons. The Labute approximate surface area is 255 Å². The molecule has 2 aromatic carbocycles. The molecule has 4 N–H and O–H groups in total. The van der Waals surface area contributed by atoms with Gasteiger partial charge in [-0.25, -0.2) is 0 Å². The summed E-state index contributed by atoms with van der Waals surface area (Å²) in [6, 6.07) is 13.4. The van der Waals surface area contributed by atoms with Gasteiger partial charge in [-0.15, -0.1) is 0 Å². The summed E-state index contributed by atoms with van der Waals surface area (Å²) in [6.45, 7) is 3.79. The van der Waals surface area contributed by atoms with Crippen LogP contribution in [0.15, 0.2) is 72.8 Å². The van der Waals surface area contributed by atoms with Gasteiger partial charge in [0, 0.05) is 11.4 Å². The number of amides is 4. The highest BCUT2D eigenvalue weighted by Crippen LogP contribution is 2.68. The molecule has 226 valence electrons. The van der Waals surface area contributed by atoms with Gasteiger partial charge in [-0.3, -0.25) is 19.2 Å². The van der Waals surface area contributed by atoms with E-state index in [2.05, 4.69) is 33.4 Å². The number of fused-ring (bicyclic) bond motifs is 11. The number of nitrogens with zero attached hydrogens (tertiary/aromatic N) is 2. The smallest absolute Gasteiger partial charge is 0.247 e. The second-order valence-corrected chi connectivity index (χ2v) is 12.8. The van der Waals surface area contributed by atoms with Gasteiger partial charge in [0.05, 0.1) is 10.8 Å². The van der Waals surface area contributed by atoms with Gasteiger partial charge >= 0.3 is 0 Å². The predicted octanol–water partition coefficient (Wildman–Crippen LogP) is 2.50. The van der Waals surface area contributed by atoms with E-state index in [1.165, 1.54) is 0 Å². The van der Waals surface area contributed by atoms with Crippen molar-refractivity contribution < 1.29 is 19.2 Å². The molecule has 4 amide bonds. The molecule has 4 saturated heterocycles. The van der Waals surface area contributed by atoms with Crippen LogP contribution >= 0.6 is 0 Å². The molecule has 0 spiro atoms. The van der Waals surface area contributed by atoms with Gasteiger partial charge < -0.3 is 31.1 Å². The van der Waals surface area contributed by atoms with Crippen molar-refractivity contribution in [3.05, 3.63) is 84.0 Å². The quantitative estimate of drug-likeness (QED) is 0.396. The lowest BCUT2D eigenvalue weighted by molar-refractivity contribution is -0.149. The Balaban J connectivity index is 1.35. The van der Waals surface area contributed by atoms with Crippen LogP contribution in [-0.2, 0) is 30.0 Å². The van der Waals surface area contributed by atoms with Gasteiger partial charge in [0.15, 0.2) is 0 Å². The largest absolute Gasteiger partial charge is 0.364 e. The number of carbonyl (C=O) groups excluding carboxylic acids is 4. The van der Waals surface area contributed by atoms with Crippen molar-refractivity contribution in [1.29, 1.82) is 0 Å². The van der Waals surface area contributed by atoms with Gasteiger partial charge in [0.2, 0.25) is 23.6 Å². The van der Waals surface area contributed by atoms with E-state index >= 15 is 0 Å². The molecule has 6 aliphatic heterocycles. The molecule has 0 aliphatic carbocycles. The van der Waals surface area contributed by atoms with Crippen molar-refractivity contribution in [2.24, 2.45) is 0 Å². The van der Waals surface area contributed by atoms with Crippen LogP contribution in [0, 0.1) is 0 Å². The highest BCUT2D eigenvalue weighted by Gasteiger charge is 2.78. The first-order valence-electron chi connectivity index (χ1n) is 15.6. The first-order valence-corrected chi connectivity index (χ1v) is 15.6. The Hall–Kier alpha value is -4.60. The number of carbonyl (C=O) groups is 4. The van der Waals surface area contributed by atoms with Crippen LogP contribution in [-0.4, -0.2) is 69.9 Å². The minimum atomic E-state index is -0.822. The number of hydrogen-bond acceptors (Lipinski definition) is 6. The summed E-state index contributed by atoms with van der Waals surface area (Å²) < 4.78 is 0. The first-order chi connectivity index (χ1) is 21.4. The zero-order valence-electron chi connectivity index (χ0n) is 24.7. The van der Waals surface area contributed by atoms with Gasteiger partial charge in [0.25, 0.3) is 0 Å². The molecule has 0 bridgehead atoms. The maximum absolute atomic E-state index is 14.2. The molecule has 10 nitrogen and oxygen atoms in total. The van der Waals surface area contributed by atoms with Gasteiger partial charge in [-0.2, -0.15) is 0 Å². The summed E-state index contributed by atoms with van der Waals surface area (Å²) in [5.41, 5.74) is 2.18. The Morgan fingerprint density at radius 2 is 1.07 bits per heavy atom. The number of benzene rings is 2. The maximum Gasteiger partial charge on any atom is 0.247 e. The lowest BCUT2D eigenvalue weighted by Gasteiger charge is -2.48. The standard InChI is InChI=1S/C34H36N6O4/c1-3-5-13-23-29(43)39-25(27(41)35-23)17-33(19-11-7-9-15-21(19)37-31(33)39)34-18-26-28(42)36-24(14-6-4-2)30(44)40(26)32(34)38-22-16-10-8-12-20(22)34/h3-12,15-16,23-26,31-32,37-38H,13-14,17-18H2,1-2H3,(H,35,41)(H,36,42). The van der Waals surface area contributed by atoms with Gasteiger partial charge in [-0.1, -0.05) is 60.7 Å². The van der Waals surface area contributed by atoms with Crippen LogP contribution < -0.4 is 21.3 Å². The van der Waals surface area contributed by atoms with Crippen LogP contribution in [0.25, 0.3) is 0 Å². The number of para-hydroxylation sites is 2. The molecule has 0 aromatic heterocycles. The molecule has 4 fully saturated rings. The molecular formula is C34H36N6O4. The normalized spacial score (nSPS) is 36.3. The highest BCUT2D eigenvalue weighted by atomic mass is 16.2. The minimum absolute atomic E-state index is 0.122. The SMILES string of the molecule is CC=CCC1NC(=O)C2CC3(C45CC6C(=O)NC(CC=CC)C(=O)N6C4Nc4ccccc45)c4ccccc4NC3N2C1=O. The molecule has 8 rings (SSSR count). The Morgan fingerprint density at radius 3 is 1.48 bits per heavy atom. The van der Waals surface area contributed by atoms with E-state index in [1.807, 2.05) is 74.5 Å². The van der Waals surface area contributed by atoms with Gasteiger partial charge in [-0.05, 0) is 62.8 Å². The second-order valence-electron chi connectivity index (χ2n) is 12.8.